The molecule has 1 heterocycles. The Kier molecular flexibility index (Phi) is 4.00. The van der Waals surface area contributed by atoms with Gasteiger partial charge in [0.2, 0.25) is 0 Å². The summed E-state index contributed by atoms with van der Waals surface area (Å²) in [4.78, 5) is 0. The van der Waals surface area contributed by atoms with Crippen LogP contribution in [0.2, 0.25) is 15.3 Å². The third-order valence-electron chi connectivity index (χ3n) is 2.41. The van der Waals surface area contributed by atoms with Crippen LogP contribution in [0.5, 0.6) is 0 Å². The predicted molar refractivity (Wildman–Crippen MR) is 70.8 cm³/mol. The molecule has 90 valence electrons. The lowest BCUT2D eigenvalue weighted by atomic mass is 10.0. The summed E-state index contributed by atoms with van der Waals surface area (Å²) in [5.74, 6) is 0.631. The van der Waals surface area contributed by atoms with Gasteiger partial charge in [-0.2, -0.15) is 0 Å². The molecule has 0 bridgehead atoms. The second-order valence-electron chi connectivity index (χ2n) is 3.69. The van der Waals surface area contributed by atoms with Crippen LogP contribution < -0.4 is 5.73 Å². The fourth-order valence-corrected chi connectivity index (χ4v) is 2.11. The Bertz CT molecular complexity index is 524. The van der Waals surface area contributed by atoms with Crippen molar-refractivity contribution in [3.63, 3.8) is 0 Å². The standard InChI is InChI=1S/C12H10Cl3NO/c13-8-1-2-9(14)7(5-8)6-10(16)11-3-4-12(15)17-11/h1-5,10H,6,16H2. The van der Waals surface area contributed by atoms with Gasteiger partial charge in [-0.05, 0) is 53.9 Å². The highest BCUT2D eigenvalue weighted by Crippen LogP contribution is 2.26. The molecule has 0 saturated carbocycles. The molecule has 1 unspecified atom stereocenters. The van der Waals surface area contributed by atoms with Crippen LogP contribution in [0.25, 0.3) is 0 Å². The molecular weight excluding hydrogens is 280 g/mol. The molecule has 0 aliphatic heterocycles. The van der Waals surface area contributed by atoms with Gasteiger partial charge in [-0.3, -0.25) is 0 Å². The summed E-state index contributed by atoms with van der Waals surface area (Å²) in [5, 5.41) is 1.60. The molecule has 0 aliphatic rings. The van der Waals surface area contributed by atoms with Crippen molar-refractivity contribution in [2.75, 3.05) is 0 Å². The molecule has 0 fully saturated rings. The Balaban J connectivity index is 2.18. The predicted octanol–water partition coefficient (Wildman–Crippen LogP) is 4.48. The van der Waals surface area contributed by atoms with Crippen LogP contribution in [0.4, 0.5) is 0 Å². The lowest BCUT2D eigenvalue weighted by Crippen LogP contribution is -2.12. The summed E-state index contributed by atoms with van der Waals surface area (Å²) < 4.78 is 5.25. The maximum Gasteiger partial charge on any atom is 0.193 e. The zero-order valence-electron chi connectivity index (χ0n) is 8.79. The molecule has 2 aromatic rings. The van der Waals surface area contributed by atoms with Crippen molar-refractivity contribution in [1.82, 2.24) is 0 Å². The zero-order valence-corrected chi connectivity index (χ0v) is 11.1. The van der Waals surface area contributed by atoms with Crippen LogP contribution in [-0.2, 0) is 6.42 Å². The number of halogens is 3. The van der Waals surface area contributed by atoms with E-state index in [2.05, 4.69) is 0 Å². The summed E-state index contributed by atoms with van der Waals surface area (Å²) in [6.07, 6.45) is 0.545. The molecule has 0 radical (unpaired) electrons. The van der Waals surface area contributed by atoms with E-state index >= 15 is 0 Å². The zero-order chi connectivity index (χ0) is 12.4. The lowest BCUT2D eigenvalue weighted by molar-refractivity contribution is 0.466. The summed E-state index contributed by atoms with van der Waals surface area (Å²) >= 11 is 17.7. The van der Waals surface area contributed by atoms with Gasteiger partial charge in [-0.1, -0.05) is 23.2 Å². The molecule has 2 rings (SSSR count). The number of rotatable bonds is 3. The highest BCUT2D eigenvalue weighted by Gasteiger charge is 2.13. The van der Waals surface area contributed by atoms with Crippen LogP contribution in [0, 0.1) is 0 Å². The number of benzene rings is 1. The van der Waals surface area contributed by atoms with Crippen molar-refractivity contribution in [2.45, 2.75) is 12.5 Å². The molecule has 2 N–H and O–H groups in total. The van der Waals surface area contributed by atoms with E-state index in [9.17, 15) is 0 Å². The van der Waals surface area contributed by atoms with Crippen LogP contribution in [0.1, 0.15) is 17.4 Å². The van der Waals surface area contributed by atoms with Crippen molar-refractivity contribution >= 4 is 34.8 Å². The largest absolute Gasteiger partial charge is 0.448 e. The minimum Gasteiger partial charge on any atom is -0.448 e. The van der Waals surface area contributed by atoms with Gasteiger partial charge >= 0.3 is 0 Å². The Morgan fingerprint density at radius 1 is 1.12 bits per heavy atom. The first-order chi connectivity index (χ1) is 8.06. The molecule has 1 aromatic carbocycles. The van der Waals surface area contributed by atoms with Crippen LogP contribution in [0.3, 0.4) is 0 Å². The molecule has 0 amide bonds. The van der Waals surface area contributed by atoms with Crippen molar-refractivity contribution in [1.29, 1.82) is 0 Å². The Hall–Kier alpha value is -0.670. The van der Waals surface area contributed by atoms with E-state index in [0.717, 1.165) is 5.56 Å². The van der Waals surface area contributed by atoms with E-state index in [1.807, 2.05) is 0 Å². The fraction of sp³-hybridized carbons (Fsp3) is 0.167. The average Bonchev–Trinajstić information content (AvgIpc) is 2.70. The van der Waals surface area contributed by atoms with E-state index in [1.54, 1.807) is 30.3 Å². The van der Waals surface area contributed by atoms with E-state index in [-0.39, 0.29) is 6.04 Å². The van der Waals surface area contributed by atoms with Crippen LogP contribution in [-0.4, -0.2) is 0 Å². The molecule has 0 spiro atoms. The van der Waals surface area contributed by atoms with Gasteiger partial charge in [0.25, 0.3) is 0 Å². The quantitative estimate of drug-likeness (QED) is 0.905. The second kappa shape index (κ2) is 5.32. The van der Waals surface area contributed by atoms with E-state index in [0.29, 0.717) is 27.4 Å². The molecule has 0 aliphatic carbocycles. The van der Waals surface area contributed by atoms with Gasteiger partial charge in [0.05, 0.1) is 6.04 Å². The monoisotopic (exact) mass is 289 g/mol. The first kappa shape index (κ1) is 12.8. The number of hydrogen-bond donors (Lipinski definition) is 1. The second-order valence-corrected chi connectivity index (χ2v) is 4.90. The molecule has 1 aromatic heterocycles. The molecule has 2 nitrogen and oxygen atoms in total. The van der Waals surface area contributed by atoms with Gasteiger partial charge in [0.15, 0.2) is 5.22 Å². The summed E-state index contributed by atoms with van der Waals surface area (Å²) in [6, 6.07) is 8.42. The van der Waals surface area contributed by atoms with Gasteiger partial charge in [0, 0.05) is 10.0 Å². The van der Waals surface area contributed by atoms with Crippen molar-refractivity contribution in [2.24, 2.45) is 5.73 Å². The molecule has 5 heteroatoms. The summed E-state index contributed by atoms with van der Waals surface area (Å²) in [6.45, 7) is 0. The first-order valence-electron chi connectivity index (χ1n) is 5.01. The Morgan fingerprint density at radius 3 is 2.53 bits per heavy atom. The third-order valence-corrected chi connectivity index (χ3v) is 3.21. The highest BCUT2D eigenvalue weighted by molar-refractivity contribution is 6.33. The maximum atomic E-state index is 6.06. The van der Waals surface area contributed by atoms with E-state index in [4.69, 9.17) is 45.0 Å². The minimum atomic E-state index is -0.293. The Labute approximate surface area is 114 Å². The number of furan rings is 1. The van der Waals surface area contributed by atoms with Crippen molar-refractivity contribution < 1.29 is 4.42 Å². The molecule has 17 heavy (non-hydrogen) atoms. The smallest absolute Gasteiger partial charge is 0.193 e. The first-order valence-corrected chi connectivity index (χ1v) is 6.14. The summed E-state index contributed by atoms with van der Waals surface area (Å²) in [5.41, 5.74) is 6.89. The van der Waals surface area contributed by atoms with Crippen molar-refractivity contribution in [3.8, 4) is 0 Å². The lowest BCUT2D eigenvalue weighted by Gasteiger charge is -2.10. The number of nitrogens with two attached hydrogens (primary N) is 1. The normalized spacial score (nSPS) is 12.7. The number of hydrogen-bond acceptors (Lipinski definition) is 2. The Morgan fingerprint density at radius 2 is 1.88 bits per heavy atom. The topological polar surface area (TPSA) is 39.2 Å². The van der Waals surface area contributed by atoms with Gasteiger partial charge in [0.1, 0.15) is 5.76 Å². The fourth-order valence-electron chi connectivity index (χ4n) is 1.56. The summed E-state index contributed by atoms with van der Waals surface area (Å²) in [7, 11) is 0. The SMILES string of the molecule is NC(Cc1cc(Cl)ccc1Cl)c1ccc(Cl)o1. The third kappa shape index (κ3) is 3.17. The average molecular weight is 291 g/mol. The van der Waals surface area contributed by atoms with Gasteiger partial charge in [-0.15, -0.1) is 0 Å². The molecule has 1 atom stereocenters. The van der Waals surface area contributed by atoms with Gasteiger partial charge in [-0.25, -0.2) is 0 Å². The molecular formula is C12H10Cl3NO. The highest BCUT2D eigenvalue weighted by atomic mass is 35.5. The van der Waals surface area contributed by atoms with Crippen LogP contribution in [0.15, 0.2) is 34.7 Å². The minimum absolute atomic E-state index is 0.293. The maximum absolute atomic E-state index is 6.06. The van der Waals surface area contributed by atoms with Gasteiger partial charge < -0.3 is 10.2 Å². The molecule has 0 saturated heterocycles. The van der Waals surface area contributed by atoms with E-state index < -0.39 is 0 Å². The van der Waals surface area contributed by atoms with E-state index in [1.165, 1.54) is 0 Å². The van der Waals surface area contributed by atoms with Crippen molar-refractivity contribution in [3.05, 3.63) is 56.9 Å². The van der Waals surface area contributed by atoms with Crippen LogP contribution >= 0.6 is 34.8 Å².